The first-order chi connectivity index (χ1) is 10.2. The maximum absolute atomic E-state index is 6.26. The molecule has 0 spiro atoms. The maximum atomic E-state index is 6.26. The number of hydrogen-bond donors (Lipinski definition) is 1. The van der Waals surface area contributed by atoms with Crippen molar-refractivity contribution in [2.75, 3.05) is 5.32 Å². The van der Waals surface area contributed by atoms with Crippen molar-refractivity contribution in [3.05, 3.63) is 69.8 Å². The maximum Gasteiger partial charge on any atom is 0.134 e. The lowest BCUT2D eigenvalue weighted by molar-refractivity contribution is 0.878. The summed E-state index contributed by atoms with van der Waals surface area (Å²) in [4.78, 5) is 4.47. The summed E-state index contributed by atoms with van der Waals surface area (Å²) in [6.45, 7) is 2.08. The second kappa shape index (κ2) is 6.04. The molecule has 1 N–H and O–H groups in total. The van der Waals surface area contributed by atoms with Gasteiger partial charge in [0.15, 0.2) is 0 Å². The normalized spacial score (nSPS) is 12.3. The highest BCUT2D eigenvalue weighted by atomic mass is 79.9. The van der Waals surface area contributed by atoms with E-state index < -0.39 is 0 Å². The average molecular weight is 362 g/mol. The Hall–Kier alpha value is -1.58. The zero-order chi connectivity index (χ0) is 14.8. The minimum absolute atomic E-state index is 0.0794. The van der Waals surface area contributed by atoms with Crippen LogP contribution in [0, 0.1) is 0 Å². The largest absolute Gasteiger partial charge is 0.363 e. The number of pyridine rings is 1. The number of hydrogen-bond acceptors (Lipinski definition) is 2. The van der Waals surface area contributed by atoms with E-state index in [-0.39, 0.29) is 6.04 Å². The van der Waals surface area contributed by atoms with Crippen LogP contribution < -0.4 is 5.32 Å². The van der Waals surface area contributed by atoms with Gasteiger partial charge in [0.1, 0.15) is 5.82 Å². The van der Waals surface area contributed by atoms with Gasteiger partial charge in [0.2, 0.25) is 0 Å². The van der Waals surface area contributed by atoms with Crippen molar-refractivity contribution in [1.29, 1.82) is 0 Å². The molecule has 3 rings (SSSR count). The predicted molar refractivity (Wildman–Crippen MR) is 92.9 cm³/mol. The van der Waals surface area contributed by atoms with Crippen molar-refractivity contribution in [3.8, 4) is 0 Å². The van der Waals surface area contributed by atoms with Gasteiger partial charge in [-0.25, -0.2) is 4.98 Å². The van der Waals surface area contributed by atoms with Crippen LogP contribution in [0.4, 0.5) is 5.82 Å². The van der Waals surface area contributed by atoms with Gasteiger partial charge in [-0.15, -0.1) is 0 Å². The molecule has 0 radical (unpaired) electrons. The van der Waals surface area contributed by atoms with E-state index in [4.69, 9.17) is 11.6 Å². The van der Waals surface area contributed by atoms with Crippen LogP contribution in [0.5, 0.6) is 0 Å². The van der Waals surface area contributed by atoms with E-state index in [2.05, 4.69) is 39.2 Å². The monoisotopic (exact) mass is 360 g/mol. The third-order valence-corrected chi connectivity index (χ3v) is 4.51. The van der Waals surface area contributed by atoms with Crippen LogP contribution in [0.15, 0.2) is 59.2 Å². The molecule has 106 valence electrons. The lowest BCUT2D eigenvalue weighted by Crippen LogP contribution is -2.08. The third kappa shape index (κ3) is 2.89. The summed E-state index contributed by atoms with van der Waals surface area (Å²) in [6.07, 6.45) is 1.81. The first-order valence-electron chi connectivity index (χ1n) is 6.71. The van der Waals surface area contributed by atoms with Gasteiger partial charge < -0.3 is 5.32 Å². The number of nitrogens with one attached hydrogen (secondary N) is 1. The van der Waals surface area contributed by atoms with Crippen molar-refractivity contribution < 1.29 is 0 Å². The standard InChI is InChI=1S/C17H14BrClN2/c1-11(12-5-2-3-8-16(12)19)21-17-14-6-4-7-15(18)13(14)9-10-20-17/h2-11H,1H3,(H,20,21). The smallest absolute Gasteiger partial charge is 0.134 e. The van der Waals surface area contributed by atoms with Crippen LogP contribution in [0.1, 0.15) is 18.5 Å². The van der Waals surface area contributed by atoms with Gasteiger partial charge in [-0.2, -0.15) is 0 Å². The molecule has 1 unspecified atom stereocenters. The third-order valence-electron chi connectivity index (χ3n) is 3.48. The molecule has 3 aromatic rings. The van der Waals surface area contributed by atoms with E-state index >= 15 is 0 Å². The quantitative estimate of drug-likeness (QED) is 0.635. The summed E-state index contributed by atoms with van der Waals surface area (Å²) >= 11 is 9.84. The molecule has 0 aliphatic rings. The van der Waals surface area contributed by atoms with Crippen LogP contribution in [-0.4, -0.2) is 4.98 Å². The highest BCUT2D eigenvalue weighted by molar-refractivity contribution is 9.10. The fraction of sp³-hybridized carbons (Fsp3) is 0.118. The molecule has 0 fully saturated rings. The summed E-state index contributed by atoms with van der Waals surface area (Å²) in [5.41, 5.74) is 1.06. The van der Waals surface area contributed by atoms with Crippen LogP contribution in [0.2, 0.25) is 5.02 Å². The first kappa shape index (κ1) is 14.4. The highest BCUT2D eigenvalue weighted by Crippen LogP contribution is 2.31. The summed E-state index contributed by atoms with van der Waals surface area (Å²) in [5.74, 6) is 0.862. The molecule has 0 aliphatic carbocycles. The Morgan fingerprint density at radius 2 is 1.86 bits per heavy atom. The molecular weight excluding hydrogens is 348 g/mol. The minimum atomic E-state index is 0.0794. The molecule has 1 heterocycles. The number of rotatable bonds is 3. The van der Waals surface area contributed by atoms with Crippen molar-refractivity contribution in [2.45, 2.75) is 13.0 Å². The van der Waals surface area contributed by atoms with Crippen molar-refractivity contribution in [3.63, 3.8) is 0 Å². The zero-order valence-corrected chi connectivity index (χ0v) is 13.8. The van der Waals surface area contributed by atoms with Gasteiger partial charge >= 0.3 is 0 Å². The molecule has 0 saturated carbocycles. The Bertz CT molecular complexity index is 789. The van der Waals surface area contributed by atoms with E-state index in [1.54, 1.807) is 0 Å². The molecule has 21 heavy (non-hydrogen) atoms. The van der Waals surface area contributed by atoms with Gasteiger partial charge in [-0.3, -0.25) is 0 Å². The molecule has 1 atom stereocenters. The molecule has 0 amide bonds. The van der Waals surface area contributed by atoms with Crippen LogP contribution in [-0.2, 0) is 0 Å². The Balaban J connectivity index is 1.99. The Morgan fingerprint density at radius 3 is 2.67 bits per heavy atom. The lowest BCUT2D eigenvalue weighted by atomic mass is 10.1. The fourth-order valence-electron chi connectivity index (χ4n) is 2.39. The minimum Gasteiger partial charge on any atom is -0.363 e. The predicted octanol–water partition coefficient (Wildman–Crippen LogP) is 5.82. The van der Waals surface area contributed by atoms with E-state index in [1.807, 2.05) is 48.7 Å². The molecule has 0 saturated heterocycles. The number of benzene rings is 2. The highest BCUT2D eigenvalue weighted by Gasteiger charge is 2.11. The molecule has 2 nitrogen and oxygen atoms in total. The topological polar surface area (TPSA) is 24.9 Å². The number of halogens is 2. The Labute approximate surface area is 137 Å². The van der Waals surface area contributed by atoms with E-state index in [1.165, 1.54) is 0 Å². The summed E-state index contributed by atoms with van der Waals surface area (Å²) in [7, 11) is 0. The molecular formula is C17H14BrClN2. The number of fused-ring (bicyclic) bond motifs is 1. The van der Waals surface area contributed by atoms with Gasteiger partial charge in [0.05, 0.1) is 6.04 Å². The summed E-state index contributed by atoms with van der Waals surface area (Å²) < 4.78 is 1.07. The fourth-order valence-corrected chi connectivity index (χ4v) is 3.19. The molecule has 2 aromatic carbocycles. The first-order valence-corrected chi connectivity index (χ1v) is 7.88. The summed E-state index contributed by atoms with van der Waals surface area (Å²) in [5, 5.41) is 6.44. The molecule has 0 aliphatic heterocycles. The second-order valence-corrected chi connectivity index (χ2v) is 6.14. The van der Waals surface area contributed by atoms with Crippen molar-refractivity contribution in [1.82, 2.24) is 4.98 Å². The van der Waals surface area contributed by atoms with Crippen LogP contribution >= 0.6 is 27.5 Å². The van der Waals surface area contributed by atoms with E-state index in [0.29, 0.717) is 0 Å². The van der Waals surface area contributed by atoms with Gasteiger partial charge in [-0.05, 0) is 30.7 Å². The van der Waals surface area contributed by atoms with Gasteiger partial charge in [0.25, 0.3) is 0 Å². The second-order valence-electron chi connectivity index (χ2n) is 4.88. The van der Waals surface area contributed by atoms with Gasteiger partial charge in [0, 0.05) is 26.5 Å². The Morgan fingerprint density at radius 1 is 1.05 bits per heavy atom. The zero-order valence-electron chi connectivity index (χ0n) is 11.5. The molecule has 4 heteroatoms. The van der Waals surface area contributed by atoms with Gasteiger partial charge in [-0.1, -0.05) is 57.9 Å². The molecule has 1 aromatic heterocycles. The number of aromatic nitrogens is 1. The average Bonchev–Trinajstić information content (AvgIpc) is 2.49. The van der Waals surface area contributed by atoms with E-state index in [9.17, 15) is 0 Å². The number of nitrogens with zero attached hydrogens (tertiary/aromatic N) is 1. The lowest BCUT2D eigenvalue weighted by Gasteiger charge is -2.17. The summed E-state index contributed by atoms with van der Waals surface area (Å²) in [6, 6.07) is 16.1. The van der Waals surface area contributed by atoms with Crippen LogP contribution in [0.3, 0.4) is 0 Å². The molecule has 0 bridgehead atoms. The van der Waals surface area contributed by atoms with Crippen LogP contribution in [0.25, 0.3) is 10.8 Å². The van der Waals surface area contributed by atoms with Crippen molar-refractivity contribution >= 4 is 44.1 Å². The Kier molecular flexibility index (Phi) is 4.13. The SMILES string of the molecule is CC(Nc1nccc2c(Br)cccc12)c1ccccc1Cl. The van der Waals surface area contributed by atoms with Crippen molar-refractivity contribution in [2.24, 2.45) is 0 Å². The van der Waals surface area contributed by atoms with E-state index in [0.717, 1.165) is 31.6 Å². The number of anilines is 1.